The first-order valence-corrected chi connectivity index (χ1v) is 11.4. The molecule has 0 radical (unpaired) electrons. The Hall–Kier alpha value is -3.23. The summed E-state index contributed by atoms with van der Waals surface area (Å²) >= 11 is 0. The van der Waals surface area contributed by atoms with Crippen molar-refractivity contribution in [2.45, 2.75) is 25.4 Å². The normalized spacial score (nSPS) is 19.3. The van der Waals surface area contributed by atoms with Crippen molar-refractivity contribution < 1.29 is 19.1 Å². The van der Waals surface area contributed by atoms with Crippen LogP contribution in [0.1, 0.15) is 40.4 Å². The Morgan fingerprint density at radius 2 is 1.85 bits per heavy atom. The quantitative estimate of drug-likeness (QED) is 0.603. The molecular formula is C25H30N4O4. The fourth-order valence-corrected chi connectivity index (χ4v) is 4.15. The molecule has 0 unspecified atom stereocenters. The second kappa shape index (κ2) is 11.1. The van der Waals surface area contributed by atoms with Crippen molar-refractivity contribution in [1.29, 1.82) is 0 Å². The van der Waals surface area contributed by atoms with Gasteiger partial charge in [0, 0.05) is 25.2 Å². The summed E-state index contributed by atoms with van der Waals surface area (Å²) in [6.45, 7) is 5.06. The molecule has 2 aliphatic rings. The fraction of sp³-hybridized carbons (Fsp3) is 0.400. The van der Waals surface area contributed by atoms with E-state index in [2.05, 4.69) is 15.5 Å². The van der Waals surface area contributed by atoms with E-state index in [0.29, 0.717) is 12.1 Å². The maximum absolute atomic E-state index is 12.7. The van der Waals surface area contributed by atoms with Crippen LogP contribution in [0.2, 0.25) is 0 Å². The molecule has 0 aromatic heterocycles. The lowest BCUT2D eigenvalue weighted by Gasteiger charge is -2.31. The van der Waals surface area contributed by atoms with Crippen LogP contribution in [0.15, 0.2) is 54.6 Å². The Kier molecular flexibility index (Phi) is 7.70. The molecule has 8 nitrogen and oxygen atoms in total. The Morgan fingerprint density at radius 1 is 1.06 bits per heavy atom. The number of benzene rings is 2. The third-order valence-corrected chi connectivity index (χ3v) is 5.99. The van der Waals surface area contributed by atoms with Crippen molar-refractivity contribution in [3.8, 4) is 0 Å². The summed E-state index contributed by atoms with van der Waals surface area (Å²) in [6, 6.07) is 15.8. The van der Waals surface area contributed by atoms with E-state index in [-0.39, 0.29) is 30.8 Å². The van der Waals surface area contributed by atoms with Crippen molar-refractivity contribution >= 4 is 17.8 Å². The lowest BCUT2D eigenvalue weighted by molar-refractivity contribution is -0.130. The van der Waals surface area contributed by atoms with Gasteiger partial charge in [-0.15, -0.1) is 0 Å². The summed E-state index contributed by atoms with van der Waals surface area (Å²) in [5, 5.41) is 5.86. The minimum absolute atomic E-state index is 0.129. The van der Waals surface area contributed by atoms with Gasteiger partial charge in [0.15, 0.2) is 0 Å². The molecule has 2 aromatic carbocycles. The highest BCUT2D eigenvalue weighted by Gasteiger charge is 2.32. The number of imide groups is 1. The summed E-state index contributed by atoms with van der Waals surface area (Å²) in [7, 11) is 0. The molecule has 0 bridgehead atoms. The van der Waals surface area contributed by atoms with Gasteiger partial charge in [0.2, 0.25) is 5.91 Å². The zero-order valence-corrected chi connectivity index (χ0v) is 18.7. The van der Waals surface area contributed by atoms with Crippen LogP contribution >= 0.6 is 0 Å². The monoisotopic (exact) mass is 450 g/mol. The fourth-order valence-electron chi connectivity index (χ4n) is 4.15. The van der Waals surface area contributed by atoms with Crippen LogP contribution in [-0.2, 0) is 16.1 Å². The first-order chi connectivity index (χ1) is 16.1. The summed E-state index contributed by atoms with van der Waals surface area (Å²) < 4.78 is 5.35. The van der Waals surface area contributed by atoms with Crippen LogP contribution in [-0.4, -0.2) is 67.0 Å². The number of rotatable bonds is 8. The average Bonchev–Trinajstić information content (AvgIpc) is 2.85. The van der Waals surface area contributed by atoms with Crippen molar-refractivity contribution in [3.05, 3.63) is 71.3 Å². The molecule has 2 N–H and O–H groups in total. The van der Waals surface area contributed by atoms with Gasteiger partial charge >= 0.3 is 6.03 Å². The number of carbonyl (C=O) groups is 3. The lowest BCUT2D eigenvalue weighted by Crippen LogP contribution is -2.50. The maximum atomic E-state index is 12.7. The molecule has 2 aromatic rings. The minimum Gasteiger partial charge on any atom is -0.379 e. The highest BCUT2D eigenvalue weighted by Crippen LogP contribution is 2.23. The third kappa shape index (κ3) is 6.18. The maximum Gasteiger partial charge on any atom is 0.324 e. The molecule has 4 rings (SSSR count). The molecule has 0 saturated carbocycles. The third-order valence-electron chi connectivity index (χ3n) is 5.99. The zero-order chi connectivity index (χ0) is 23.0. The molecule has 2 heterocycles. The number of nitrogens with one attached hydrogen (secondary N) is 2. The van der Waals surface area contributed by atoms with Gasteiger partial charge < -0.3 is 15.4 Å². The summed E-state index contributed by atoms with van der Waals surface area (Å²) in [5.41, 5.74) is 2.16. The molecule has 174 valence electrons. The highest BCUT2D eigenvalue weighted by atomic mass is 16.5. The molecule has 4 amide bonds. The predicted molar refractivity (Wildman–Crippen MR) is 124 cm³/mol. The highest BCUT2D eigenvalue weighted by molar-refractivity contribution is 5.97. The molecule has 2 fully saturated rings. The van der Waals surface area contributed by atoms with Gasteiger partial charge in [-0.1, -0.05) is 42.5 Å². The molecule has 33 heavy (non-hydrogen) atoms. The van der Waals surface area contributed by atoms with E-state index in [0.717, 1.165) is 50.4 Å². The number of nitrogens with zero attached hydrogens (tertiary/aromatic N) is 2. The van der Waals surface area contributed by atoms with Gasteiger partial charge in [-0.25, -0.2) is 4.79 Å². The smallest absolute Gasteiger partial charge is 0.324 e. The van der Waals surface area contributed by atoms with Crippen molar-refractivity contribution in [3.63, 3.8) is 0 Å². The number of hydrogen-bond donors (Lipinski definition) is 2. The number of carbonyl (C=O) groups excluding carboxylic acids is 3. The van der Waals surface area contributed by atoms with E-state index in [1.165, 1.54) is 4.90 Å². The van der Waals surface area contributed by atoms with Crippen LogP contribution in [0.25, 0.3) is 0 Å². The van der Waals surface area contributed by atoms with Gasteiger partial charge in [0.1, 0.15) is 0 Å². The Balaban J connectivity index is 1.29. The molecule has 0 spiro atoms. The van der Waals surface area contributed by atoms with E-state index in [9.17, 15) is 14.4 Å². The predicted octanol–water partition coefficient (Wildman–Crippen LogP) is 2.32. The Labute approximate surface area is 193 Å². The molecule has 8 heteroatoms. The number of ether oxygens (including phenoxy) is 1. The molecule has 1 atom stereocenters. The van der Waals surface area contributed by atoms with Gasteiger partial charge in [-0.3, -0.25) is 19.4 Å². The standard InChI is InChI=1S/C25H30N4O4/c30-23-17-22(20-7-2-1-3-8-20)27-25(32)29(23)18-19-6-4-9-21(16-19)24(31)26-10-5-11-28-12-14-33-15-13-28/h1-4,6-9,16,22H,5,10-15,17-18H2,(H,26,31)(H,27,32)/t22-/m0/s1. The molecular weight excluding hydrogens is 420 g/mol. The summed E-state index contributed by atoms with van der Waals surface area (Å²) in [4.78, 5) is 41.4. The van der Waals surface area contributed by atoms with Gasteiger partial charge in [-0.05, 0) is 36.2 Å². The Bertz CT molecular complexity index is 957. The second-order valence-corrected chi connectivity index (χ2v) is 8.36. The number of hydrogen-bond acceptors (Lipinski definition) is 5. The van der Waals surface area contributed by atoms with E-state index < -0.39 is 6.03 Å². The van der Waals surface area contributed by atoms with Gasteiger partial charge in [0.05, 0.1) is 32.2 Å². The molecule has 0 aliphatic carbocycles. The van der Waals surface area contributed by atoms with E-state index in [1.807, 2.05) is 36.4 Å². The van der Waals surface area contributed by atoms with Crippen LogP contribution in [0.3, 0.4) is 0 Å². The SMILES string of the molecule is O=C(NCCCN1CCOCC1)c1cccc(CN2C(=O)C[C@@H](c3ccccc3)NC2=O)c1. The van der Waals surface area contributed by atoms with Gasteiger partial charge in [0.25, 0.3) is 5.91 Å². The van der Waals surface area contributed by atoms with Crippen molar-refractivity contribution in [2.75, 3.05) is 39.4 Å². The van der Waals surface area contributed by atoms with E-state index in [4.69, 9.17) is 4.74 Å². The summed E-state index contributed by atoms with van der Waals surface area (Å²) in [6.07, 6.45) is 1.08. The topological polar surface area (TPSA) is 91.0 Å². The second-order valence-electron chi connectivity index (χ2n) is 8.36. The minimum atomic E-state index is -0.418. The lowest BCUT2D eigenvalue weighted by atomic mass is 10.0. The van der Waals surface area contributed by atoms with Crippen LogP contribution in [0, 0.1) is 0 Å². The van der Waals surface area contributed by atoms with Crippen LogP contribution < -0.4 is 10.6 Å². The van der Waals surface area contributed by atoms with Crippen LogP contribution in [0.4, 0.5) is 4.79 Å². The molecule has 2 aliphatic heterocycles. The van der Waals surface area contributed by atoms with E-state index in [1.54, 1.807) is 18.2 Å². The van der Waals surface area contributed by atoms with Gasteiger partial charge in [-0.2, -0.15) is 0 Å². The zero-order valence-electron chi connectivity index (χ0n) is 18.7. The van der Waals surface area contributed by atoms with Crippen molar-refractivity contribution in [1.82, 2.24) is 20.4 Å². The number of amides is 4. The van der Waals surface area contributed by atoms with E-state index >= 15 is 0 Å². The van der Waals surface area contributed by atoms with Crippen LogP contribution in [0.5, 0.6) is 0 Å². The van der Waals surface area contributed by atoms with Crippen molar-refractivity contribution in [2.24, 2.45) is 0 Å². The first kappa shape index (κ1) is 22.9. The molecule has 2 saturated heterocycles. The first-order valence-electron chi connectivity index (χ1n) is 11.4. The number of morpholine rings is 1. The largest absolute Gasteiger partial charge is 0.379 e. The Morgan fingerprint density at radius 3 is 2.61 bits per heavy atom. The number of urea groups is 1. The summed E-state index contributed by atoms with van der Waals surface area (Å²) in [5.74, 6) is -0.386. The average molecular weight is 451 g/mol.